The highest BCUT2D eigenvalue weighted by Crippen LogP contribution is 2.40. The lowest BCUT2D eigenvalue weighted by atomic mass is 9.82. The number of cyclic esters (lactones) is 1. The first-order valence-electron chi connectivity index (χ1n) is 20.5. The van der Waals surface area contributed by atoms with Crippen LogP contribution >= 0.6 is 0 Å². The summed E-state index contributed by atoms with van der Waals surface area (Å²) < 4.78 is 5.28. The summed E-state index contributed by atoms with van der Waals surface area (Å²) in [5, 5.41) is 9.48. The van der Waals surface area contributed by atoms with Crippen LogP contribution in [0.25, 0.3) is 0 Å². The fraction of sp³-hybridized carbons (Fsp3) is 0.900. The third kappa shape index (κ3) is 15.5. The Balaban J connectivity index is 0.000000457. The van der Waals surface area contributed by atoms with Gasteiger partial charge < -0.3 is 38.3 Å². The molecule has 2 fully saturated rings. The summed E-state index contributed by atoms with van der Waals surface area (Å²) in [5.74, 6) is -0.519. The summed E-state index contributed by atoms with van der Waals surface area (Å²) in [6.45, 7) is 33.2. The van der Waals surface area contributed by atoms with Crippen LogP contribution in [0.2, 0.25) is 0 Å². The highest BCUT2D eigenvalue weighted by molar-refractivity contribution is 6.01. The molecule has 0 aliphatic carbocycles. The molecule has 0 saturated carbocycles. The predicted octanol–water partition coefficient (Wildman–Crippen LogP) is 2.57. The number of esters is 1. The van der Waals surface area contributed by atoms with Gasteiger partial charge in [0.25, 0.3) is 5.91 Å². The van der Waals surface area contributed by atoms with Gasteiger partial charge in [-0.3, -0.25) is 24.2 Å². The fourth-order valence-corrected chi connectivity index (χ4v) is 7.43. The Bertz CT molecular complexity index is 1240. The third-order valence-corrected chi connectivity index (χ3v) is 10.5. The van der Waals surface area contributed by atoms with Gasteiger partial charge in [0.05, 0.1) is 0 Å². The van der Waals surface area contributed by atoms with E-state index in [9.17, 15) is 14.4 Å². The average Bonchev–Trinajstić information content (AvgIpc) is 3.35. The van der Waals surface area contributed by atoms with E-state index in [1.807, 2.05) is 12.0 Å². The number of aliphatic imine (C=N–C) groups is 1. The Morgan fingerprint density at radius 1 is 0.768 bits per heavy atom. The lowest BCUT2D eigenvalue weighted by Gasteiger charge is -2.52. The molecular formula is C40H82N10O6. The van der Waals surface area contributed by atoms with Crippen molar-refractivity contribution in [1.82, 2.24) is 25.7 Å². The van der Waals surface area contributed by atoms with E-state index in [0.717, 1.165) is 51.7 Å². The minimum atomic E-state index is -1.03. The van der Waals surface area contributed by atoms with Gasteiger partial charge in [-0.05, 0) is 135 Å². The Hall–Kier alpha value is -2.28. The quantitative estimate of drug-likeness (QED) is 0.124. The van der Waals surface area contributed by atoms with Crippen molar-refractivity contribution in [2.24, 2.45) is 27.9 Å². The van der Waals surface area contributed by atoms with Gasteiger partial charge in [0.1, 0.15) is 5.54 Å². The zero-order valence-electron chi connectivity index (χ0n) is 37.6. The standard InChI is InChI=1S/C18H36N4O3.C16H28N2O3.C6H18N4/c1-13(14(23)21-18(6,7)15(24)20-12-11-19)25-22-16(2,3)9-8-10-17(22,4)5;1-11(12-17-16(6,7)13(19)20-12)21-18-14(2,3)9-8-10-15(18,4)5;7-1-4-10(5-2-8)6-3-9/h13H,8-12,19H2,1-7H3,(H,20,24)(H,21,23);11H,8-10H2,1-7H3;1-9H2. The SMILES string of the molecule is CC(ON1C(C)(C)CCCC1(C)C)C(=O)NC(C)(C)C(=O)NCCN.CC(ON1C(C)(C)CCCC1(C)C)C1=NC(C)(C)C(=O)O1.NCCN(CCN)CCN. The van der Waals surface area contributed by atoms with Gasteiger partial charge in [0, 0.05) is 74.5 Å². The van der Waals surface area contributed by atoms with Crippen molar-refractivity contribution in [3.05, 3.63) is 0 Å². The number of ether oxygens (including phenoxy) is 1. The molecule has 16 heteroatoms. The van der Waals surface area contributed by atoms with Gasteiger partial charge in [-0.1, -0.05) is 0 Å². The van der Waals surface area contributed by atoms with Crippen LogP contribution in [0.4, 0.5) is 0 Å². The maximum Gasteiger partial charge on any atom is 0.340 e. The zero-order valence-corrected chi connectivity index (χ0v) is 37.6. The molecule has 2 amide bonds. The molecule has 0 radical (unpaired) electrons. The minimum Gasteiger partial charge on any atom is -0.407 e. The van der Waals surface area contributed by atoms with Gasteiger partial charge in [-0.2, -0.15) is 10.1 Å². The molecule has 0 aromatic rings. The van der Waals surface area contributed by atoms with Crippen molar-refractivity contribution < 1.29 is 28.8 Å². The molecule has 0 bridgehead atoms. The molecule has 2 unspecified atom stereocenters. The summed E-state index contributed by atoms with van der Waals surface area (Å²) >= 11 is 0. The van der Waals surface area contributed by atoms with Gasteiger partial charge in [-0.25, -0.2) is 9.79 Å². The third-order valence-electron chi connectivity index (χ3n) is 10.5. The van der Waals surface area contributed by atoms with Crippen molar-refractivity contribution in [2.45, 2.75) is 181 Å². The molecule has 328 valence electrons. The van der Waals surface area contributed by atoms with Crippen LogP contribution in [0.1, 0.15) is 135 Å². The molecule has 3 rings (SSSR count). The first-order valence-corrected chi connectivity index (χ1v) is 20.5. The lowest BCUT2D eigenvalue weighted by molar-refractivity contribution is -0.296. The molecule has 0 aromatic heterocycles. The van der Waals surface area contributed by atoms with E-state index in [1.165, 1.54) is 6.42 Å². The molecule has 0 spiro atoms. The lowest BCUT2D eigenvalue weighted by Crippen LogP contribution is -2.62. The number of hydrogen-bond donors (Lipinski definition) is 6. The smallest absolute Gasteiger partial charge is 0.340 e. The highest BCUT2D eigenvalue weighted by Gasteiger charge is 2.46. The van der Waals surface area contributed by atoms with Gasteiger partial charge in [-0.15, -0.1) is 0 Å². The second-order valence-corrected chi connectivity index (χ2v) is 18.8. The summed E-state index contributed by atoms with van der Waals surface area (Å²) in [6.07, 6.45) is 5.45. The average molecular weight is 799 g/mol. The number of rotatable bonds is 16. The van der Waals surface area contributed by atoms with Crippen molar-refractivity contribution in [3.8, 4) is 0 Å². The largest absolute Gasteiger partial charge is 0.407 e. The first-order chi connectivity index (χ1) is 25.6. The predicted molar refractivity (Wildman–Crippen MR) is 224 cm³/mol. The number of nitrogens with one attached hydrogen (secondary N) is 2. The molecule has 3 aliphatic heterocycles. The van der Waals surface area contributed by atoms with E-state index in [0.29, 0.717) is 38.6 Å². The maximum atomic E-state index is 12.6. The Morgan fingerprint density at radius 3 is 1.54 bits per heavy atom. The van der Waals surface area contributed by atoms with E-state index >= 15 is 0 Å². The van der Waals surface area contributed by atoms with E-state index in [-0.39, 0.29) is 46.0 Å². The van der Waals surface area contributed by atoms with E-state index in [4.69, 9.17) is 37.3 Å². The molecule has 3 aliphatic rings. The number of carbonyl (C=O) groups excluding carboxylic acids is 3. The first kappa shape index (κ1) is 51.7. The molecular weight excluding hydrogens is 717 g/mol. The number of carbonyl (C=O) groups is 3. The zero-order chi connectivity index (χ0) is 43.3. The molecule has 16 nitrogen and oxygen atoms in total. The summed E-state index contributed by atoms with van der Waals surface area (Å²) in [4.78, 5) is 55.2. The number of nitrogens with zero attached hydrogens (tertiary/aromatic N) is 4. The van der Waals surface area contributed by atoms with Crippen LogP contribution in [-0.4, -0.2) is 137 Å². The molecule has 10 N–H and O–H groups in total. The van der Waals surface area contributed by atoms with Gasteiger partial charge in [0.15, 0.2) is 17.7 Å². The van der Waals surface area contributed by atoms with Gasteiger partial charge >= 0.3 is 5.97 Å². The topological polar surface area (TPSA) is 229 Å². The van der Waals surface area contributed by atoms with Crippen molar-refractivity contribution in [1.29, 1.82) is 0 Å². The minimum absolute atomic E-state index is 0.0469. The van der Waals surface area contributed by atoms with E-state index in [1.54, 1.807) is 34.6 Å². The fourth-order valence-electron chi connectivity index (χ4n) is 7.43. The van der Waals surface area contributed by atoms with Crippen LogP contribution in [0, 0.1) is 0 Å². The molecule has 2 saturated heterocycles. The molecule has 2 atom stereocenters. The normalized spacial score (nSPS) is 22.3. The van der Waals surface area contributed by atoms with Crippen LogP contribution in [0.5, 0.6) is 0 Å². The van der Waals surface area contributed by atoms with Crippen LogP contribution in [0.15, 0.2) is 4.99 Å². The van der Waals surface area contributed by atoms with Crippen molar-refractivity contribution in [3.63, 3.8) is 0 Å². The van der Waals surface area contributed by atoms with Gasteiger partial charge in [0.2, 0.25) is 11.8 Å². The maximum absolute atomic E-state index is 12.6. The number of hydrogen-bond acceptors (Lipinski definition) is 14. The molecule has 0 aromatic carbocycles. The molecule has 56 heavy (non-hydrogen) atoms. The Morgan fingerprint density at radius 2 is 1.18 bits per heavy atom. The number of piperidine rings is 2. The summed E-state index contributed by atoms with van der Waals surface area (Å²) in [5.41, 5.74) is 19.3. The number of amides is 2. The highest BCUT2D eigenvalue weighted by atomic mass is 16.7. The van der Waals surface area contributed by atoms with Crippen LogP contribution in [0.3, 0.4) is 0 Å². The number of nitrogens with two attached hydrogens (primary N) is 4. The Kier molecular flexibility index (Phi) is 20.0. The summed E-state index contributed by atoms with van der Waals surface area (Å²) in [6, 6.07) is 0. The van der Waals surface area contributed by atoms with Crippen LogP contribution < -0.4 is 33.6 Å². The van der Waals surface area contributed by atoms with Crippen molar-refractivity contribution in [2.75, 3.05) is 52.4 Å². The molecule has 3 heterocycles. The van der Waals surface area contributed by atoms with E-state index in [2.05, 4.69) is 81.0 Å². The number of hydroxylamine groups is 4. The summed E-state index contributed by atoms with van der Waals surface area (Å²) in [7, 11) is 0. The Labute approximate surface area is 338 Å². The monoisotopic (exact) mass is 799 g/mol. The van der Waals surface area contributed by atoms with Crippen molar-refractivity contribution >= 4 is 23.7 Å². The second-order valence-electron chi connectivity index (χ2n) is 18.8. The van der Waals surface area contributed by atoms with E-state index < -0.39 is 17.2 Å². The van der Waals surface area contributed by atoms with Crippen LogP contribution in [-0.2, 0) is 28.8 Å². The second kappa shape index (κ2) is 21.6.